The van der Waals surface area contributed by atoms with E-state index in [0.29, 0.717) is 5.57 Å². The molecule has 2 heterocycles. The van der Waals surface area contributed by atoms with Crippen LogP contribution in [0.4, 0.5) is 5.69 Å². The van der Waals surface area contributed by atoms with Gasteiger partial charge >= 0.3 is 0 Å². The Morgan fingerprint density at radius 2 is 2.00 bits per heavy atom. The molecule has 1 aromatic carbocycles. The van der Waals surface area contributed by atoms with Crippen molar-refractivity contribution in [2.75, 3.05) is 11.4 Å². The van der Waals surface area contributed by atoms with E-state index >= 15 is 0 Å². The average Bonchev–Trinajstić information content (AvgIpc) is 3.24. The lowest BCUT2D eigenvalue weighted by molar-refractivity contribution is -0.118. The maximum atomic E-state index is 12.8. The number of Topliss-reactive ketones (excluding diaryl/α,β-unsaturated/α-hetero) is 1. The molecule has 140 valence electrons. The molecule has 2 aromatic rings. The molecule has 27 heavy (non-hydrogen) atoms. The number of allylic oxidation sites excluding steroid dienone is 4. The van der Waals surface area contributed by atoms with Gasteiger partial charge in [0.25, 0.3) is 0 Å². The van der Waals surface area contributed by atoms with Gasteiger partial charge in [-0.25, -0.2) is 0 Å². The zero-order valence-electron chi connectivity index (χ0n) is 16.0. The molecule has 2 aliphatic rings. The third-order valence-electron chi connectivity index (χ3n) is 5.72. The number of benzene rings is 1. The second kappa shape index (κ2) is 6.68. The molecule has 1 N–H and O–H groups in total. The van der Waals surface area contributed by atoms with Gasteiger partial charge < -0.3 is 10.0 Å². The van der Waals surface area contributed by atoms with Crippen LogP contribution in [0.15, 0.2) is 64.9 Å². The van der Waals surface area contributed by atoms with Crippen LogP contribution in [0.2, 0.25) is 0 Å². The van der Waals surface area contributed by atoms with Crippen molar-refractivity contribution in [3.63, 3.8) is 0 Å². The van der Waals surface area contributed by atoms with Crippen molar-refractivity contribution in [2.45, 2.75) is 44.9 Å². The zero-order chi connectivity index (χ0) is 19.2. The molecular weight excluding hydrogens is 354 g/mol. The summed E-state index contributed by atoms with van der Waals surface area (Å²) < 4.78 is 0. The molecule has 0 saturated carbocycles. The SMILES string of the molecule is CCCCN1C(=CC2=C(O)C(c3cccs3)C2=O)C(C)(C)c2ccccc21. The van der Waals surface area contributed by atoms with Crippen molar-refractivity contribution in [3.8, 4) is 0 Å². The lowest BCUT2D eigenvalue weighted by Gasteiger charge is -2.31. The van der Waals surface area contributed by atoms with Gasteiger partial charge in [-0.3, -0.25) is 4.79 Å². The second-order valence-corrected chi connectivity index (χ2v) is 8.77. The summed E-state index contributed by atoms with van der Waals surface area (Å²) in [6, 6.07) is 12.3. The number of hydrogen-bond acceptors (Lipinski definition) is 4. The highest BCUT2D eigenvalue weighted by molar-refractivity contribution is 7.10. The minimum atomic E-state index is -0.479. The Morgan fingerprint density at radius 1 is 1.22 bits per heavy atom. The summed E-state index contributed by atoms with van der Waals surface area (Å²) in [6.45, 7) is 7.49. The van der Waals surface area contributed by atoms with Crippen LogP contribution in [0.3, 0.4) is 0 Å². The number of aliphatic hydroxyl groups excluding tert-OH is 1. The fourth-order valence-electron chi connectivity index (χ4n) is 4.14. The highest BCUT2D eigenvalue weighted by Gasteiger charge is 2.44. The van der Waals surface area contributed by atoms with Gasteiger partial charge in [-0.15, -0.1) is 11.3 Å². The number of nitrogens with zero attached hydrogens (tertiary/aromatic N) is 1. The first-order valence-electron chi connectivity index (χ1n) is 9.56. The van der Waals surface area contributed by atoms with E-state index in [0.717, 1.165) is 30.0 Å². The fraction of sp³-hybridized carbons (Fsp3) is 0.348. The zero-order valence-corrected chi connectivity index (χ0v) is 16.8. The summed E-state index contributed by atoms with van der Waals surface area (Å²) in [5.41, 5.74) is 3.84. The fourth-order valence-corrected chi connectivity index (χ4v) is 4.97. The molecule has 0 spiro atoms. The van der Waals surface area contributed by atoms with Crippen molar-refractivity contribution >= 4 is 22.8 Å². The number of rotatable bonds is 5. The highest BCUT2D eigenvalue weighted by Crippen LogP contribution is 2.49. The number of aliphatic hydroxyl groups is 1. The maximum Gasteiger partial charge on any atom is 0.182 e. The van der Waals surface area contributed by atoms with Gasteiger partial charge in [0.1, 0.15) is 11.7 Å². The smallest absolute Gasteiger partial charge is 0.182 e. The molecule has 1 aliphatic carbocycles. The normalized spacial score (nSPS) is 22.3. The quantitative estimate of drug-likeness (QED) is 0.723. The number of ketones is 1. The Labute approximate surface area is 164 Å². The van der Waals surface area contributed by atoms with Crippen LogP contribution in [0.25, 0.3) is 0 Å². The van der Waals surface area contributed by atoms with Crippen LogP contribution in [0, 0.1) is 0 Å². The second-order valence-electron chi connectivity index (χ2n) is 7.79. The van der Waals surface area contributed by atoms with E-state index < -0.39 is 5.92 Å². The molecule has 1 aliphatic heterocycles. The van der Waals surface area contributed by atoms with E-state index in [4.69, 9.17) is 0 Å². The number of unbranched alkanes of at least 4 members (excludes halogenated alkanes) is 1. The topological polar surface area (TPSA) is 40.5 Å². The van der Waals surface area contributed by atoms with Gasteiger partial charge in [0.15, 0.2) is 5.78 Å². The van der Waals surface area contributed by atoms with Crippen LogP contribution in [-0.4, -0.2) is 17.4 Å². The Bertz CT molecular complexity index is 937. The van der Waals surface area contributed by atoms with E-state index in [1.54, 1.807) is 0 Å². The van der Waals surface area contributed by atoms with Crippen LogP contribution in [0.5, 0.6) is 0 Å². The van der Waals surface area contributed by atoms with E-state index in [9.17, 15) is 9.90 Å². The van der Waals surface area contributed by atoms with Gasteiger partial charge in [0.05, 0.1) is 5.57 Å². The van der Waals surface area contributed by atoms with Crippen molar-refractivity contribution in [1.29, 1.82) is 0 Å². The minimum absolute atomic E-state index is 0.0182. The number of fused-ring (bicyclic) bond motifs is 1. The van der Waals surface area contributed by atoms with E-state index in [1.807, 2.05) is 23.6 Å². The average molecular weight is 380 g/mol. The predicted molar refractivity (Wildman–Crippen MR) is 112 cm³/mol. The van der Waals surface area contributed by atoms with E-state index in [1.165, 1.54) is 22.6 Å². The lowest BCUT2D eigenvalue weighted by atomic mass is 9.77. The number of carbonyl (C=O) groups is 1. The monoisotopic (exact) mass is 379 g/mol. The molecule has 0 radical (unpaired) electrons. The van der Waals surface area contributed by atoms with Gasteiger partial charge in [-0.2, -0.15) is 0 Å². The van der Waals surface area contributed by atoms with Crippen molar-refractivity contribution in [2.24, 2.45) is 0 Å². The van der Waals surface area contributed by atoms with Gasteiger partial charge in [0, 0.05) is 28.2 Å². The van der Waals surface area contributed by atoms with E-state index in [-0.39, 0.29) is 17.0 Å². The third-order valence-corrected chi connectivity index (χ3v) is 6.66. The minimum Gasteiger partial charge on any atom is -0.510 e. The number of anilines is 1. The van der Waals surface area contributed by atoms with Gasteiger partial charge in [0.2, 0.25) is 0 Å². The number of para-hydroxylation sites is 1. The molecule has 0 amide bonds. The van der Waals surface area contributed by atoms with Crippen LogP contribution in [-0.2, 0) is 10.2 Å². The molecule has 1 unspecified atom stereocenters. The van der Waals surface area contributed by atoms with Crippen LogP contribution >= 0.6 is 11.3 Å². The molecular formula is C23H25NO2S. The first-order valence-corrected chi connectivity index (χ1v) is 10.4. The molecule has 0 bridgehead atoms. The van der Waals surface area contributed by atoms with Gasteiger partial charge in [-0.05, 0) is 35.6 Å². The van der Waals surface area contributed by atoms with E-state index in [2.05, 4.69) is 49.9 Å². The summed E-state index contributed by atoms with van der Waals surface area (Å²) in [4.78, 5) is 16.0. The molecule has 1 aromatic heterocycles. The number of carbonyl (C=O) groups excluding carboxylic acids is 1. The van der Waals surface area contributed by atoms with Crippen LogP contribution in [0.1, 0.15) is 50.0 Å². The summed E-state index contributed by atoms with van der Waals surface area (Å²) in [5.74, 6) is -0.255. The molecule has 4 rings (SSSR count). The Morgan fingerprint density at radius 3 is 2.67 bits per heavy atom. The van der Waals surface area contributed by atoms with Gasteiger partial charge in [-0.1, -0.05) is 51.5 Å². The summed E-state index contributed by atoms with van der Waals surface area (Å²) in [6.07, 6.45) is 4.12. The first kappa shape index (κ1) is 18.1. The first-order chi connectivity index (χ1) is 13.0. The maximum absolute atomic E-state index is 12.8. The molecule has 0 fully saturated rings. The predicted octanol–water partition coefficient (Wildman–Crippen LogP) is 5.71. The molecule has 4 heteroatoms. The van der Waals surface area contributed by atoms with Crippen molar-refractivity contribution in [1.82, 2.24) is 0 Å². The summed E-state index contributed by atoms with van der Waals surface area (Å²) >= 11 is 1.51. The number of hydrogen-bond donors (Lipinski definition) is 1. The number of thiophene rings is 1. The van der Waals surface area contributed by atoms with Crippen molar-refractivity contribution < 1.29 is 9.90 Å². The molecule has 1 atom stereocenters. The van der Waals surface area contributed by atoms with Crippen LogP contribution < -0.4 is 4.90 Å². The molecule has 0 saturated heterocycles. The summed E-state index contributed by atoms with van der Waals surface area (Å²) in [5, 5.41) is 12.6. The highest BCUT2D eigenvalue weighted by atomic mass is 32.1. The molecule has 3 nitrogen and oxygen atoms in total. The Balaban J connectivity index is 1.76. The standard InChI is InChI=1S/C23H25NO2S/c1-4-5-12-24-17-10-7-6-9-16(17)23(2,3)19(24)14-15-21(25)20(22(15)26)18-11-8-13-27-18/h6-11,13-14,20,25H,4-5,12H2,1-3H3. The van der Waals surface area contributed by atoms with Crippen molar-refractivity contribution in [3.05, 3.63) is 75.3 Å². The third kappa shape index (κ3) is 2.74. The lowest BCUT2D eigenvalue weighted by Crippen LogP contribution is -2.32. The Kier molecular flexibility index (Phi) is 4.47. The Hall–Kier alpha value is -2.33. The summed E-state index contributed by atoms with van der Waals surface area (Å²) in [7, 11) is 0. The largest absolute Gasteiger partial charge is 0.510 e.